The molecule has 1 fully saturated rings. The first kappa shape index (κ1) is 13.0. The third kappa shape index (κ3) is 2.63. The van der Waals surface area contributed by atoms with Gasteiger partial charge in [0, 0.05) is 37.3 Å². The van der Waals surface area contributed by atoms with Crippen molar-refractivity contribution in [3.8, 4) is 0 Å². The standard InChI is InChI=1S/C15H19N3O2/c1-18-10-13(12-6-2-3-7-14(12)18)17-15(19)16-9-11-5-4-8-20-11/h2-3,6-7,10-11H,4-5,8-9H2,1H3,(H2,16,17,19). The quantitative estimate of drug-likeness (QED) is 0.902. The van der Waals surface area contributed by atoms with Gasteiger partial charge in [0.15, 0.2) is 0 Å². The molecule has 1 saturated heterocycles. The van der Waals surface area contributed by atoms with Crippen LogP contribution in [0.2, 0.25) is 0 Å². The number of hydrogen-bond acceptors (Lipinski definition) is 2. The van der Waals surface area contributed by atoms with Gasteiger partial charge in [-0.15, -0.1) is 0 Å². The van der Waals surface area contributed by atoms with Crippen LogP contribution in [0.25, 0.3) is 10.9 Å². The first-order valence-electron chi connectivity index (χ1n) is 6.94. The molecule has 2 N–H and O–H groups in total. The van der Waals surface area contributed by atoms with Gasteiger partial charge in [0.1, 0.15) is 0 Å². The van der Waals surface area contributed by atoms with Crippen LogP contribution in [0.5, 0.6) is 0 Å². The third-order valence-electron chi connectivity index (χ3n) is 3.66. The second-order valence-electron chi connectivity index (χ2n) is 5.14. The number of aromatic nitrogens is 1. The second kappa shape index (κ2) is 5.54. The number of carbonyl (C=O) groups is 1. The number of nitrogens with one attached hydrogen (secondary N) is 2. The monoisotopic (exact) mass is 273 g/mol. The van der Waals surface area contributed by atoms with Crippen molar-refractivity contribution in [3.63, 3.8) is 0 Å². The van der Waals surface area contributed by atoms with Gasteiger partial charge in [0.2, 0.25) is 0 Å². The highest BCUT2D eigenvalue weighted by Gasteiger charge is 2.16. The fraction of sp³-hybridized carbons (Fsp3) is 0.400. The molecule has 3 rings (SSSR count). The lowest BCUT2D eigenvalue weighted by Crippen LogP contribution is -2.34. The number of rotatable bonds is 3. The molecular formula is C15H19N3O2. The van der Waals surface area contributed by atoms with Crippen LogP contribution >= 0.6 is 0 Å². The van der Waals surface area contributed by atoms with Crippen LogP contribution in [0.3, 0.4) is 0 Å². The van der Waals surface area contributed by atoms with Crippen LogP contribution in [-0.2, 0) is 11.8 Å². The van der Waals surface area contributed by atoms with Gasteiger partial charge in [-0.05, 0) is 18.9 Å². The van der Waals surface area contributed by atoms with Gasteiger partial charge < -0.3 is 19.9 Å². The number of amides is 2. The molecule has 2 heterocycles. The minimum Gasteiger partial charge on any atom is -0.376 e. The molecule has 20 heavy (non-hydrogen) atoms. The molecule has 5 nitrogen and oxygen atoms in total. The fourth-order valence-corrected chi connectivity index (χ4v) is 2.62. The van der Waals surface area contributed by atoms with E-state index in [0.717, 1.165) is 36.0 Å². The summed E-state index contributed by atoms with van der Waals surface area (Å²) in [5.41, 5.74) is 1.93. The van der Waals surface area contributed by atoms with E-state index in [1.165, 1.54) is 0 Å². The predicted molar refractivity (Wildman–Crippen MR) is 78.9 cm³/mol. The Bertz CT molecular complexity index is 615. The van der Waals surface area contributed by atoms with Crippen molar-refractivity contribution in [2.75, 3.05) is 18.5 Å². The molecule has 1 aliphatic rings. The molecule has 1 unspecified atom stereocenters. The van der Waals surface area contributed by atoms with Crippen molar-refractivity contribution in [1.29, 1.82) is 0 Å². The van der Waals surface area contributed by atoms with Gasteiger partial charge in [-0.25, -0.2) is 4.79 Å². The van der Waals surface area contributed by atoms with Gasteiger partial charge in [-0.3, -0.25) is 0 Å². The van der Waals surface area contributed by atoms with Crippen LogP contribution in [-0.4, -0.2) is 29.9 Å². The van der Waals surface area contributed by atoms with Gasteiger partial charge in [0.05, 0.1) is 11.8 Å². The highest BCUT2D eigenvalue weighted by Crippen LogP contribution is 2.24. The zero-order valence-electron chi connectivity index (χ0n) is 11.6. The molecule has 106 valence electrons. The third-order valence-corrected chi connectivity index (χ3v) is 3.66. The average molecular weight is 273 g/mol. The molecule has 1 atom stereocenters. The van der Waals surface area contributed by atoms with Crippen LogP contribution in [0.4, 0.5) is 10.5 Å². The molecule has 0 aliphatic carbocycles. The first-order chi connectivity index (χ1) is 9.74. The molecule has 1 aromatic carbocycles. The lowest BCUT2D eigenvalue weighted by atomic mass is 10.2. The highest BCUT2D eigenvalue weighted by atomic mass is 16.5. The maximum Gasteiger partial charge on any atom is 0.319 e. The molecule has 1 aliphatic heterocycles. The largest absolute Gasteiger partial charge is 0.376 e. The summed E-state index contributed by atoms with van der Waals surface area (Å²) in [6.07, 6.45) is 4.19. The lowest BCUT2D eigenvalue weighted by Gasteiger charge is -2.11. The lowest BCUT2D eigenvalue weighted by molar-refractivity contribution is 0.112. The number of anilines is 1. The van der Waals surface area contributed by atoms with E-state index in [-0.39, 0.29) is 12.1 Å². The van der Waals surface area contributed by atoms with Gasteiger partial charge in [-0.2, -0.15) is 0 Å². The van der Waals surface area contributed by atoms with E-state index < -0.39 is 0 Å². The number of fused-ring (bicyclic) bond motifs is 1. The van der Waals surface area contributed by atoms with Gasteiger partial charge >= 0.3 is 6.03 Å². The Kier molecular flexibility index (Phi) is 3.60. The molecule has 5 heteroatoms. The van der Waals surface area contributed by atoms with Gasteiger partial charge in [0.25, 0.3) is 0 Å². The molecule has 2 aromatic rings. The number of carbonyl (C=O) groups excluding carboxylic acids is 1. The average Bonchev–Trinajstić information content (AvgIpc) is 3.07. The first-order valence-corrected chi connectivity index (χ1v) is 6.94. The summed E-state index contributed by atoms with van der Waals surface area (Å²) in [6, 6.07) is 7.81. The van der Waals surface area contributed by atoms with Crippen molar-refractivity contribution in [2.45, 2.75) is 18.9 Å². The van der Waals surface area contributed by atoms with Crippen molar-refractivity contribution in [1.82, 2.24) is 9.88 Å². The molecular weight excluding hydrogens is 254 g/mol. The van der Waals surface area contributed by atoms with Crippen molar-refractivity contribution in [2.24, 2.45) is 7.05 Å². The summed E-state index contributed by atoms with van der Waals surface area (Å²) >= 11 is 0. The minimum absolute atomic E-state index is 0.160. The van der Waals surface area contributed by atoms with Crippen molar-refractivity contribution in [3.05, 3.63) is 30.5 Å². The van der Waals surface area contributed by atoms with E-state index in [0.29, 0.717) is 6.54 Å². The summed E-state index contributed by atoms with van der Waals surface area (Å²) in [7, 11) is 1.97. The Hall–Kier alpha value is -2.01. The fourth-order valence-electron chi connectivity index (χ4n) is 2.62. The smallest absolute Gasteiger partial charge is 0.319 e. The number of urea groups is 1. The highest BCUT2D eigenvalue weighted by molar-refractivity contribution is 6.01. The minimum atomic E-state index is -0.183. The zero-order chi connectivity index (χ0) is 13.9. The normalized spacial score (nSPS) is 18.4. The Morgan fingerprint density at radius 1 is 1.45 bits per heavy atom. The summed E-state index contributed by atoms with van der Waals surface area (Å²) < 4.78 is 7.49. The van der Waals surface area contributed by atoms with E-state index in [4.69, 9.17) is 4.74 Å². The number of nitrogens with zero attached hydrogens (tertiary/aromatic N) is 1. The van der Waals surface area contributed by atoms with Crippen LogP contribution in [0.15, 0.2) is 30.5 Å². The van der Waals surface area contributed by atoms with Gasteiger partial charge in [-0.1, -0.05) is 18.2 Å². The predicted octanol–water partition coefficient (Wildman–Crippen LogP) is 2.48. The molecule has 1 aromatic heterocycles. The second-order valence-corrected chi connectivity index (χ2v) is 5.14. The maximum atomic E-state index is 11.9. The summed E-state index contributed by atoms with van der Waals surface area (Å²) in [6.45, 7) is 1.37. The number of hydrogen-bond donors (Lipinski definition) is 2. The van der Waals surface area contributed by atoms with E-state index in [2.05, 4.69) is 10.6 Å². The number of benzene rings is 1. The molecule has 0 bridgehead atoms. The SMILES string of the molecule is Cn1cc(NC(=O)NCC2CCCO2)c2ccccc21. The molecule has 0 radical (unpaired) electrons. The summed E-state index contributed by atoms with van der Waals surface area (Å²) in [5, 5.41) is 6.81. The number of ether oxygens (including phenoxy) is 1. The van der Waals surface area contributed by atoms with Crippen LogP contribution in [0.1, 0.15) is 12.8 Å². The summed E-state index contributed by atoms with van der Waals surface area (Å²) in [5.74, 6) is 0. The molecule has 0 saturated carbocycles. The van der Waals surface area contributed by atoms with Crippen LogP contribution in [0, 0.1) is 0 Å². The number of para-hydroxylation sites is 1. The molecule has 2 amide bonds. The van der Waals surface area contributed by atoms with E-state index >= 15 is 0 Å². The van der Waals surface area contributed by atoms with Crippen LogP contribution < -0.4 is 10.6 Å². The van der Waals surface area contributed by atoms with E-state index in [1.807, 2.05) is 42.1 Å². The number of aryl methyl sites for hydroxylation is 1. The zero-order valence-corrected chi connectivity index (χ0v) is 11.6. The maximum absolute atomic E-state index is 11.9. The Morgan fingerprint density at radius 2 is 2.30 bits per heavy atom. The summed E-state index contributed by atoms with van der Waals surface area (Å²) in [4.78, 5) is 11.9. The topological polar surface area (TPSA) is 55.3 Å². The Morgan fingerprint density at radius 3 is 3.10 bits per heavy atom. The molecule has 0 spiro atoms. The van der Waals surface area contributed by atoms with Crippen molar-refractivity contribution < 1.29 is 9.53 Å². The van der Waals surface area contributed by atoms with E-state index in [1.54, 1.807) is 0 Å². The van der Waals surface area contributed by atoms with Crippen molar-refractivity contribution >= 4 is 22.6 Å². The van der Waals surface area contributed by atoms with E-state index in [9.17, 15) is 4.79 Å². The Balaban J connectivity index is 1.65. The Labute approximate surface area is 117 Å².